The minimum absolute atomic E-state index is 0.00520. The lowest BCUT2D eigenvalue weighted by molar-refractivity contribution is -0.138. The second-order valence-electron chi connectivity index (χ2n) is 17.0. The van der Waals surface area contributed by atoms with Crippen molar-refractivity contribution in [3.05, 3.63) is 48.0 Å². The molecule has 0 radical (unpaired) electrons. The summed E-state index contributed by atoms with van der Waals surface area (Å²) in [5.74, 6) is -2.26. The number of carbonyl (C=O) groups is 4. The van der Waals surface area contributed by atoms with Gasteiger partial charge in [0.25, 0.3) is 0 Å². The third-order valence-corrected chi connectivity index (χ3v) is 12.7. The van der Waals surface area contributed by atoms with Gasteiger partial charge in [0.1, 0.15) is 36.1 Å². The third-order valence-electron chi connectivity index (χ3n) is 12.7. The molecule has 4 aliphatic rings. The van der Waals surface area contributed by atoms with Crippen LogP contribution < -0.4 is 21.3 Å². The number of imidazole rings is 2. The molecule has 8 rings (SSSR count). The van der Waals surface area contributed by atoms with Gasteiger partial charge in [-0.3, -0.25) is 19.2 Å². The van der Waals surface area contributed by atoms with Crippen molar-refractivity contribution in [3.8, 4) is 11.6 Å². The van der Waals surface area contributed by atoms with Crippen molar-refractivity contribution in [2.24, 2.45) is 11.8 Å². The number of hydrogen-bond donors (Lipinski definition) is 4. The largest absolute Gasteiger partial charge is 0.343 e. The molecule has 8 atom stereocenters. The van der Waals surface area contributed by atoms with Gasteiger partial charge in [0.15, 0.2) is 11.6 Å². The van der Waals surface area contributed by atoms with Crippen LogP contribution in [-0.2, 0) is 32.3 Å². The highest BCUT2D eigenvalue weighted by molar-refractivity contribution is 5.91. The van der Waals surface area contributed by atoms with Crippen LogP contribution in [0.3, 0.4) is 0 Å². The molecule has 4 aromatic rings. The molecule has 4 N–H and O–H groups in total. The predicted molar refractivity (Wildman–Crippen MR) is 215 cm³/mol. The molecule has 18 heteroatoms. The van der Waals surface area contributed by atoms with Crippen molar-refractivity contribution >= 4 is 45.7 Å². The number of hydrogen-bond acceptors (Lipinski definition) is 8. The van der Waals surface area contributed by atoms with Gasteiger partial charge in [-0.15, -0.1) is 0 Å². The van der Waals surface area contributed by atoms with Crippen LogP contribution >= 0.6 is 0 Å². The molecular formula is C42H52F4N10O4. The summed E-state index contributed by atoms with van der Waals surface area (Å²) < 4.78 is 64.0. The minimum atomic E-state index is -1.35. The normalized spacial score (nSPS) is 23.9. The molecule has 4 fully saturated rings. The highest BCUT2D eigenvalue weighted by Crippen LogP contribution is 2.38. The van der Waals surface area contributed by atoms with E-state index in [2.05, 4.69) is 21.3 Å². The molecule has 2 aromatic heterocycles. The number of rotatable bonds is 15. The van der Waals surface area contributed by atoms with Crippen LogP contribution in [0, 0.1) is 23.5 Å². The smallest absolute Gasteiger partial charge is 0.245 e. The van der Waals surface area contributed by atoms with Crippen molar-refractivity contribution in [1.82, 2.24) is 50.2 Å². The molecule has 2 aromatic carbocycles. The fraction of sp³-hybridized carbons (Fsp3) is 0.571. The molecule has 2 unspecified atom stereocenters. The lowest BCUT2D eigenvalue weighted by atomic mass is 10.1. The topological polar surface area (TPSA) is 159 Å². The number of alkyl halides is 2. The Hall–Kier alpha value is -5.10. The molecule has 2 aliphatic carbocycles. The standard InChI is InChI=1S/C42H52F4N10O4/c1-21(47-3)39(57)51-35(23-5-6-23)41(59)53-17-27(45)13-29(53)19-55-33-11-9-25(43)15-31(33)49-37(55)38-50-32-16-26(44)10-12-34(32)56(38)20-30-14-28(46)18-54(30)42(60)36(24-7-8-24)52-40(58)22(2)48-4/h9-12,15-16,21-24,27-30,35-36,47-48H,5-8,13-14,17-20H2,1-4H3,(H,51,57)(H,52,58)/t21-,22-,27?,28?,29+,30+,35-,36-/m1/s1. The molecule has 60 heavy (non-hydrogen) atoms. The lowest BCUT2D eigenvalue weighted by Crippen LogP contribution is -2.54. The molecule has 322 valence electrons. The average Bonchev–Trinajstić information content (AvgIpc) is 4.13. The number of nitrogens with zero attached hydrogens (tertiary/aromatic N) is 6. The van der Waals surface area contributed by atoms with Gasteiger partial charge in [0.2, 0.25) is 23.6 Å². The third kappa shape index (κ3) is 8.32. The molecule has 4 heterocycles. The Morgan fingerprint density at radius 1 is 0.667 bits per heavy atom. The van der Waals surface area contributed by atoms with Crippen LogP contribution in [0.25, 0.3) is 33.7 Å². The zero-order valence-electron chi connectivity index (χ0n) is 34.1. The van der Waals surface area contributed by atoms with Crippen molar-refractivity contribution in [1.29, 1.82) is 0 Å². The SMILES string of the molecule is CN[C@H](C)C(=O)N[C@@H](C(=O)N1CC(F)C[C@H]1Cn1c(-c2nc3cc(F)ccc3n2C[C@@H]2CC(F)CN2C(=O)[C@H](NC(=O)[C@@H](C)NC)C2CC2)nc2cc(F)ccc21)C1CC1. The Kier molecular flexibility index (Phi) is 11.6. The van der Waals surface area contributed by atoms with E-state index in [-0.39, 0.29) is 97.2 Å². The van der Waals surface area contributed by atoms with Gasteiger partial charge in [-0.25, -0.2) is 27.5 Å². The van der Waals surface area contributed by atoms with Gasteiger partial charge in [0, 0.05) is 38.1 Å². The van der Waals surface area contributed by atoms with E-state index in [1.807, 2.05) is 0 Å². The van der Waals surface area contributed by atoms with Crippen molar-refractivity contribution in [3.63, 3.8) is 0 Å². The molecule has 2 aliphatic heterocycles. The summed E-state index contributed by atoms with van der Waals surface area (Å²) in [5, 5.41) is 11.5. The summed E-state index contributed by atoms with van der Waals surface area (Å²) in [7, 11) is 3.29. The van der Waals surface area contributed by atoms with E-state index in [0.717, 1.165) is 25.7 Å². The number of carbonyl (C=O) groups excluding carboxylic acids is 4. The maximum absolute atomic E-state index is 15.5. The van der Waals surface area contributed by atoms with Crippen molar-refractivity contribution in [2.45, 2.75) is 114 Å². The molecule has 2 saturated carbocycles. The van der Waals surface area contributed by atoms with Gasteiger partial charge in [-0.2, -0.15) is 0 Å². The summed E-state index contributed by atoms with van der Waals surface area (Å²) in [6.07, 6.45) is 0.291. The fourth-order valence-corrected chi connectivity index (χ4v) is 8.74. The van der Waals surface area contributed by atoms with E-state index in [1.165, 1.54) is 34.1 Å². The first-order chi connectivity index (χ1) is 28.7. The number of halogens is 4. The Labute approximate surface area is 344 Å². The van der Waals surface area contributed by atoms with E-state index in [9.17, 15) is 28.0 Å². The number of likely N-dealkylation sites (tertiary alicyclic amines) is 2. The van der Waals surface area contributed by atoms with Gasteiger partial charge >= 0.3 is 0 Å². The highest BCUT2D eigenvalue weighted by Gasteiger charge is 2.47. The van der Waals surface area contributed by atoms with Crippen LogP contribution in [0.15, 0.2) is 36.4 Å². The average molecular weight is 837 g/mol. The predicted octanol–water partition coefficient (Wildman–Crippen LogP) is 3.21. The van der Waals surface area contributed by atoms with Gasteiger partial charge in [-0.1, -0.05) is 0 Å². The summed E-state index contributed by atoms with van der Waals surface area (Å²) >= 11 is 0. The van der Waals surface area contributed by atoms with E-state index >= 15 is 8.78 Å². The Bertz CT molecular complexity index is 2140. The zero-order valence-corrected chi connectivity index (χ0v) is 34.1. The number of benzene rings is 2. The number of likely N-dealkylation sites (N-methyl/N-ethyl adjacent to an activating group) is 2. The molecule has 14 nitrogen and oxygen atoms in total. The van der Waals surface area contributed by atoms with E-state index in [4.69, 9.17) is 9.97 Å². The summed E-state index contributed by atoms with van der Waals surface area (Å²) in [6.45, 7) is 3.06. The first-order valence-electron chi connectivity index (χ1n) is 20.9. The first kappa shape index (κ1) is 41.6. The zero-order chi connectivity index (χ0) is 42.6. The molecule has 2 saturated heterocycles. The van der Waals surface area contributed by atoms with Crippen molar-refractivity contribution in [2.75, 3.05) is 27.2 Å². The van der Waals surface area contributed by atoms with E-state index < -0.39 is 60.2 Å². The maximum atomic E-state index is 15.5. The minimum Gasteiger partial charge on any atom is -0.343 e. The maximum Gasteiger partial charge on any atom is 0.245 e. The van der Waals surface area contributed by atoms with Crippen LogP contribution in [0.5, 0.6) is 0 Å². The monoisotopic (exact) mass is 836 g/mol. The highest BCUT2D eigenvalue weighted by atomic mass is 19.1. The number of nitrogens with one attached hydrogen (secondary N) is 4. The van der Waals surface area contributed by atoms with Crippen LogP contribution in [0.2, 0.25) is 0 Å². The molecule has 0 spiro atoms. The quantitative estimate of drug-likeness (QED) is 0.133. The molecular weight excluding hydrogens is 785 g/mol. The molecule has 4 amide bonds. The number of aromatic nitrogens is 4. The van der Waals surface area contributed by atoms with Gasteiger partial charge in [0.05, 0.1) is 59.3 Å². The van der Waals surface area contributed by atoms with Crippen LogP contribution in [-0.4, -0.2) is 128 Å². The van der Waals surface area contributed by atoms with Crippen molar-refractivity contribution < 1.29 is 36.7 Å². The second kappa shape index (κ2) is 16.7. The Balaban J connectivity index is 1.16. The summed E-state index contributed by atoms with van der Waals surface area (Å²) in [5.41, 5.74) is 1.46. The van der Waals surface area contributed by atoms with Crippen LogP contribution in [0.1, 0.15) is 52.4 Å². The Morgan fingerprint density at radius 2 is 1.05 bits per heavy atom. The number of amides is 4. The number of fused-ring (bicyclic) bond motifs is 2. The summed E-state index contributed by atoms with van der Waals surface area (Å²) in [6, 6.07) is 4.00. The lowest BCUT2D eigenvalue weighted by Gasteiger charge is -2.31. The van der Waals surface area contributed by atoms with E-state index in [1.54, 1.807) is 49.2 Å². The van der Waals surface area contributed by atoms with E-state index in [0.29, 0.717) is 11.0 Å². The van der Waals surface area contributed by atoms with Gasteiger partial charge in [-0.05, 0) is 89.7 Å². The Morgan fingerprint density at radius 3 is 1.40 bits per heavy atom. The molecule has 0 bridgehead atoms. The summed E-state index contributed by atoms with van der Waals surface area (Å²) in [4.78, 5) is 67.0. The van der Waals surface area contributed by atoms with Crippen LogP contribution in [0.4, 0.5) is 17.6 Å². The first-order valence-corrected chi connectivity index (χ1v) is 20.9. The second-order valence-corrected chi connectivity index (χ2v) is 17.0. The van der Waals surface area contributed by atoms with Gasteiger partial charge < -0.3 is 40.2 Å². The fourth-order valence-electron chi connectivity index (χ4n) is 8.74.